The largest absolute Gasteiger partial charge is 0.378 e. The normalized spacial score (nSPS) is 18.2. The van der Waals surface area contributed by atoms with Crippen molar-refractivity contribution in [2.24, 2.45) is 0 Å². The summed E-state index contributed by atoms with van der Waals surface area (Å²) in [5, 5.41) is 4.76. The quantitative estimate of drug-likeness (QED) is 0.895. The van der Waals surface area contributed by atoms with Gasteiger partial charge in [0.25, 0.3) is 0 Å². The molecule has 1 N–H and O–H groups in total. The summed E-state index contributed by atoms with van der Waals surface area (Å²) in [6.45, 7) is 3.76. The van der Waals surface area contributed by atoms with Gasteiger partial charge in [-0.15, -0.1) is 0 Å². The molecule has 0 aromatic heterocycles. The average Bonchev–Trinajstić information content (AvgIpc) is 2.21. The Labute approximate surface area is 106 Å². The Morgan fingerprint density at radius 1 is 1.38 bits per heavy atom. The highest BCUT2D eigenvalue weighted by Gasteiger charge is 2.22. The van der Waals surface area contributed by atoms with E-state index in [1.165, 1.54) is 5.56 Å². The number of hydrogen-bond donors (Lipinski definition) is 1. The van der Waals surface area contributed by atoms with Gasteiger partial charge < -0.3 is 10.1 Å². The molecule has 1 atom stereocenters. The first-order valence-electron chi connectivity index (χ1n) is 5.49. The summed E-state index contributed by atoms with van der Waals surface area (Å²) < 4.78 is 5.15. The number of halogens is 2. The minimum Gasteiger partial charge on any atom is -0.378 e. The summed E-state index contributed by atoms with van der Waals surface area (Å²) in [4.78, 5) is 0. The van der Waals surface area contributed by atoms with E-state index in [0.717, 1.165) is 19.6 Å². The summed E-state index contributed by atoms with van der Waals surface area (Å²) in [6, 6.07) is 6.60. The highest BCUT2D eigenvalue weighted by molar-refractivity contribution is 6.42. The fourth-order valence-corrected chi connectivity index (χ4v) is 2.10. The van der Waals surface area contributed by atoms with E-state index in [0.29, 0.717) is 22.1 Å². The molecule has 0 amide bonds. The number of nitrogens with one attached hydrogen (secondary N) is 1. The maximum Gasteiger partial charge on any atom is 0.0643 e. The van der Waals surface area contributed by atoms with Gasteiger partial charge in [-0.05, 0) is 24.1 Å². The van der Waals surface area contributed by atoms with Crippen LogP contribution in [0.2, 0.25) is 10.0 Å². The minimum absolute atomic E-state index is 0.323. The Bertz CT molecular complexity index is 366. The van der Waals surface area contributed by atoms with Crippen molar-refractivity contribution >= 4 is 23.2 Å². The zero-order valence-electron chi connectivity index (χ0n) is 9.17. The van der Waals surface area contributed by atoms with E-state index in [1.54, 1.807) is 0 Å². The Kier molecular flexibility index (Phi) is 4.09. The van der Waals surface area contributed by atoms with Crippen LogP contribution in [0.4, 0.5) is 0 Å². The highest BCUT2D eigenvalue weighted by Crippen LogP contribution is 2.27. The molecule has 0 radical (unpaired) electrons. The first-order valence-corrected chi connectivity index (χ1v) is 6.25. The van der Waals surface area contributed by atoms with Crippen LogP contribution in [0.1, 0.15) is 24.9 Å². The van der Waals surface area contributed by atoms with Crippen LogP contribution in [0.15, 0.2) is 18.2 Å². The number of benzene rings is 1. The molecule has 16 heavy (non-hydrogen) atoms. The Morgan fingerprint density at radius 2 is 2.12 bits per heavy atom. The van der Waals surface area contributed by atoms with Crippen molar-refractivity contribution in [1.29, 1.82) is 0 Å². The Balaban J connectivity index is 2.09. The van der Waals surface area contributed by atoms with Gasteiger partial charge in [0, 0.05) is 6.04 Å². The summed E-state index contributed by atoms with van der Waals surface area (Å²) in [5.41, 5.74) is 1.18. The lowest BCUT2D eigenvalue weighted by molar-refractivity contribution is -0.0103. The second-order valence-corrected chi connectivity index (χ2v) is 4.85. The molecule has 4 heteroatoms. The molecule has 1 saturated heterocycles. The molecule has 0 aliphatic carbocycles. The SMILES string of the molecule is CCC(NC1COC1)c1ccc(Cl)c(Cl)c1. The van der Waals surface area contributed by atoms with E-state index in [1.807, 2.05) is 18.2 Å². The van der Waals surface area contributed by atoms with Crippen LogP contribution in [0.25, 0.3) is 0 Å². The fraction of sp³-hybridized carbons (Fsp3) is 0.500. The molecule has 1 aromatic rings. The topological polar surface area (TPSA) is 21.3 Å². The minimum atomic E-state index is 0.323. The van der Waals surface area contributed by atoms with Gasteiger partial charge >= 0.3 is 0 Å². The third kappa shape index (κ3) is 2.69. The van der Waals surface area contributed by atoms with Gasteiger partial charge in [0.2, 0.25) is 0 Å². The van der Waals surface area contributed by atoms with Crippen LogP contribution in [0.3, 0.4) is 0 Å². The summed E-state index contributed by atoms with van der Waals surface area (Å²) in [5.74, 6) is 0. The molecule has 1 heterocycles. The summed E-state index contributed by atoms with van der Waals surface area (Å²) in [6.07, 6.45) is 1.02. The lowest BCUT2D eigenvalue weighted by atomic mass is 10.0. The van der Waals surface area contributed by atoms with Crippen molar-refractivity contribution in [2.45, 2.75) is 25.4 Å². The third-order valence-electron chi connectivity index (χ3n) is 2.83. The molecule has 1 unspecified atom stereocenters. The van der Waals surface area contributed by atoms with Gasteiger partial charge in [-0.2, -0.15) is 0 Å². The van der Waals surface area contributed by atoms with Gasteiger partial charge in [-0.25, -0.2) is 0 Å². The Hall–Kier alpha value is -0.280. The zero-order chi connectivity index (χ0) is 11.5. The first kappa shape index (κ1) is 12.2. The maximum atomic E-state index is 6.01. The summed E-state index contributed by atoms with van der Waals surface area (Å²) in [7, 11) is 0. The van der Waals surface area contributed by atoms with E-state index in [9.17, 15) is 0 Å². The molecular weight excluding hydrogens is 245 g/mol. The fourth-order valence-electron chi connectivity index (χ4n) is 1.80. The first-order chi connectivity index (χ1) is 7.70. The monoisotopic (exact) mass is 259 g/mol. The smallest absolute Gasteiger partial charge is 0.0643 e. The maximum absolute atomic E-state index is 6.01. The van der Waals surface area contributed by atoms with Gasteiger partial charge in [0.15, 0.2) is 0 Å². The molecule has 1 fully saturated rings. The van der Waals surface area contributed by atoms with Crippen molar-refractivity contribution in [3.8, 4) is 0 Å². The molecule has 2 rings (SSSR count). The molecule has 1 aliphatic rings. The van der Waals surface area contributed by atoms with Crippen LogP contribution < -0.4 is 5.32 Å². The van der Waals surface area contributed by atoms with Crippen molar-refractivity contribution in [2.75, 3.05) is 13.2 Å². The molecule has 0 saturated carbocycles. The van der Waals surface area contributed by atoms with E-state index in [-0.39, 0.29) is 0 Å². The van der Waals surface area contributed by atoms with E-state index in [4.69, 9.17) is 27.9 Å². The Morgan fingerprint density at radius 3 is 2.62 bits per heavy atom. The van der Waals surface area contributed by atoms with E-state index < -0.39 is 0 Å². The van der Waals surface area contributed by atoms with Crippen molar-refractivity contribution < 1.29 is 4.74 Å². The molecule has 0 spiro atoms. The number of rotatable bonds is 4. The molecule has 1 aliphatic heterocycles. The lowest BCUT2D eigenvalue weighted by Gasteiger charge is -2.31. The van der Waals surface area contributed by atoms with Crippen molar-refractivity contribution in [3.63, 3.8) is 0 Å². The van der Waals surface area contributed by atoms with Gasteiger partial charge in [-0.3, -0.25) is 0 Å². The molecule has 2 nitrogen and oxygen atoms in total. The molecule has 0 bridgehead atoms. The predicted octanol–water partition coefficient (Wildman–Crippen LogP) is 3.43. The molecular formula is C12H15Cl2NO. The van der Waals surface area contributed by atoms with Crippen LogP contribution >= 0.6 is 23.2 Å². The van der Waals surface area contributed by atoms with E-state index >= 15 is 0 Å². The van der Waals surface area contributed by atoms with E-state index in [2.05, 4.69) is 12.2 Å². The van der Waals surface area contributed by atoms with Crippen molar-refractivity contribution in [1.82, 2.24) is 5.32 Å². The molecule has 88 valence electrons. The van der Waals surface area contributed by atoms with Gasteiger partial charge in [0.05, 0.1) is 29.3 Å². The van der Waals surface area contributed by atoms with Gasteiger partial charge in [0.1, 0.15) is 0 Å². The van der Waals surface area contributed by atoms with Crippen LogP contribution in [-0.4, -0.2) is 19.3 Å². The predicted molar refractivity (Wildman–Crippen MR) is 67.2 cm³/mol. The second kappa shape index (κ2) is 5.37. The van der Waals surface area contributed by atoms with Gasteiger partial charge in [-0.1, -0.05) is 36.2 Å². The van der Waals surface area contributed by atoms with Crippen LogP contribution in [-0.2, 0) is 4.74 Å². The average molecular weight is 260 g/mol. The third-order valence-corrected chi connectivity index (χ3v) is 3.57. The summed E-state index contributed by atoms with van der Waals surface area (Å²) >= 11 is 11.9. The standard InChI is InChI=1S/C12H15Cl2NO/c1-2-12(15-9-6-16-7-9)8-3-4-10(13)11(14)5-8/h3-5,9,12,15H,2,6-7H2,1H3. The van der Waals surface area contributed by atoms with Crippen LogP contribution in [0.5, 0.6) is 0 Å². The molecule has 1 aromatic carbocycles. The van der Waals surface area contributed by atoms with Crippen LogP contribution in [0, 0.1) is 0 Å². The lowest BCUT2D eigenvalue weighted by Crippen LogP contribution is -2.47. The zero-order valence-corrected chi connectivity index (χ0v) is 10.7. The second-order valence-electron chi connectivity index (χ2n) is 4.04. The number of hydrogen-bond acceptors (Lipinski definition) is 2. The number of ether oxygens (including phenoxy) is 1. The highest BCUT2D eigenvalue weighted by atomic mass is 35.5. The van der Waals surface area contributed by atoms with Crippen molar-refractivity contribution in [3.05, 3.63) is 33.8 Å².